The van der Waals surface area contributed by atoms with Crippen molar-refractivity contribution < 1.29 is 10.0 Å². The smallest absolute Gasteiger partial charge is 0.423 e. The highest BCUT2D eigenvalue weighted by atomic mass is 31.0. The van der Waals surface area contributed by atoms with Gasteiger partial charge >= 0.3 is 7.12 Å². The van der Waals surface area contributed by atoms with Gasteiger partial charge in [-0.05, 0) is 12.5 Å². The van der Waals surface area contributed by atoms with Crippen LogP contribution in [-0.4, -0.2) is 52.0 Å². The fourth-order valence-electron chi connectivity index (χ4n) is 2.76. The van der Waals surface area contributed by atoms with E-state index < -0.39 is 7.12 Å². The maximum atomic E-state index is 9.15. The summed E-state index contributed by atoms with van der Waals surface area (Å²) in [5, 5.41) is 18.3. The fraction of sp³-hybridized carbons (Fsp3) is 0.500. The van der Waals surface area contributed by atoms with Crippen molar-refractivity contribution in [3.05, 3.63) is 18.5 Å². The molecule has 90 valence electrons. The first-order valence-corrected chi connectivity index (χ1v) is 6.26. The van der Waals surface area contributed by atoms with Crippen molar-refractivity contribution in [2.45, 2.75) is 18.5 Å². The number of fused-ring (bicyclic) bond motifs is 2. The first-order valence-electron chi connectivity index (χ1n) is 5.74. The summed E-state index contributed by atoms with van der Waals surface area (Å²) < 4.78 is 2.30. The Morgan fingerprint density at radius 2 is 2.12 bits per heavy atom. The molecule has 1 aromatic heterocycles. The van der Waals surface area contributed by atoms with Gasteiger partial charge in [0.05, 0.1) is 11.9 Å². The summed E-state index contributed by atoms with van der Waals surface area (Å²) in [6, 6.07) is 2.92. The molecule has 17 heavy (non-hydrogen) atoms. The third-order valence-corrected chi connectivity index (χ3v) is 4.29. The third-order valence-electron chi connectivity index (χ3n) is 3.66. The Morgan fingerprint density at radius 1 is 1.29 bits per heavy atom. The van der Waals surface area contributed by atoms with Gasteiger partial charge in [0.25, 0.3) is 0 Å². The monoisotopic (exact) mass is 251 g/mol. The van der Waals surface area contributed by atoms with Crippen LogP contribution in [-0.2, 0) is 0 Å². The first kappa shape index (κ1) is 11.4. The second-order valence-corrected chi connectivity index (χ2v) is 5.41. The number of piperazine rings is 1. The van der Waals surface area contributed by atoms with Crippen molar-refractivity contribution in [3.63, 3.8) is 0 Å². The Morgan fingerprint density at radius 3 is 2.71 bits per heavy atom. The van der Waals surface area contributed by atoms with Crippen LogP contribution in [0.25, 0.3) is 0 Å². The molecule has 5 nitrogen and oxygen atoms in total. The summed E-state index contributed by atoms with van der Waals surface area (Å²) in [6.07, 6.45) is 4.46. The maximum Gasteiger partial charge on any atom is 0.490 e. The summed E-state index contributed by atoms with van der Waals surface area (Å²) in [5.74, 6) is 0. The van der Waals surface area contributed by atoms with E-state index in [4.69, 9.17) is 10.0 Å². The Kier molecular flexibility index (Phi) is 2.83. The van der Waals surface area contributed by atoms with E-state index in [2.05, 4.69) is 23.9 Å². The van der Waals surface area contributed by atoms with Crippen molar-refractivity contribution >= 4 is 27.7 Å². The highest BCUT2D eigenvalue weighted by Gasteiger charge is 2.41. The second kappa shape index (κ2) is 4.21. The van der Waals surface area contributed by atoms with Crippen molar-refractivity contribution in [3.8, 4) is 0 Å². The van der Waals surface area contributed by atoms with E-state index in [0.29, 0.717) is 17.5 Å². The van der Waals surface area contributed by atoms with E-state index >= 15 is 0 Å². The van der Waals surface area contributed by atoms with Crippen molar-refractivity contribution in [1.82, 2.24) is 9.65 Å². The highest BCUT2D eigenvalue weighted by molar-refractivity contribution is 7.13. The van der Waals surface area contributed by atoms with Gasteiger partial charge in [-0.25, -0.2) is 0 Å². The minimum atomic E-state index is -1.44. The van der Waals surface area contributed by atoms with E-state index in [9.17, 15) is 0 Å². The molecule has 0 aliphatic carbocycles. The fourth-order valence-corrected chi connectivity index (χ4v) is 3.22. The van der Waals surface area contributed by atoms with Crippen LogP contribution in [0.5, 0.6) is 0 Å². The van der Waals surface area contributed by atoms with Crippen LogP contribution in [0.1, 0.15) is 6.42 Å². The normalized spacial score (nSPS) is 27.8. The van der Waals surface area contributed by atoms with Crippen LogP contribution in [0.2, 0.25) is 0 Å². The van der Waals surface area contributed by atoms with Crippen LogP contribution in [0.3, 0.4) is 0 Å². The molecule has 2 aliphatic rings. The number of anilines is 1. The number of hydrogen-bond acceptors (Lipinski definition) is 5. The Bertz CT molecular complexity index is 432. The molecular weight excluding hydrogens is 236 g/mol. The molecule has 2 N–H and O–H groups in total. The topological polar surface area (TPSA) is 59.8 Å². The molecule has 0 saturated carbocycles. The Balaban J connectivity index is 1.84. The predicted molar refractivity (Wildman–Crippen MR) is 70.0 cm³/mol. The zero-order valence-electron chi connectivity index (χ0n) is 9.40. The zero-order valence-corrected chi connectivity index (χ0v) is 10.6. The molecule has 3 atom stereocenters. The minimum absolute atomic E-state index is 0.452. The van der Waals surface area contributed by atoms with Gasteiger partial charge in [-0.3, -0.25) is 9.65 Å². The second-order valence-electron chi connectivity index (χ2n) is 4.74. The van der Waals surface area contributed by atoms with Crippen LogP contribution in [0.4, 0.5) is 5.69 Å². The van der Waals surface area contributed by atoms with E-state index in [1.807, 2.05) is 6.07 Å². The number of aromatic nitrogens is 1. The molecule has 2 bridgehead atoms. The number of pyridine rings is 1. The van der Waals surface area contributed by atoms with Gasteiger partial charge in [0, 0.05) is 36.8 Å². The van der Waals surface area contributed by atoms with E-state index in [-0.39, 0.29) is 0 Å². The SMILES string of the molecule is OB(O)c1cncc(N2CC3CC2CN3P)c1. The summed E-state index contributed by atoms with van der Waals surface area (Å²) in [5.41, 5.74) is 1.44. The molecule has 0 amide bonds. The summed E-state index contributed by atoms with van der Waals surface area (Å²) >= 11 is 0. The Labute approximate surface area is 103 Å². The third kappa shape index (κ3) is 1.95. The summed E-state index contributed by atoms with van der Waals surface area (Å²) in [6.45, 7) is 2.03. The van der Waals surface area contributed by atoms with Crippen LogP contribution < -0.4 is 10.4 Å². The predicted octanol–water partition coefficient (Wildman–Crippen LogP) is -1.19. The molecule has 3 unspecified atom stereocenters. The molecule has 2 saturated heterocycles. The molecule has 0 aromatic carbocycles. The van der Waals surface area contributed by atoms with E-state index in [0.717, 1.165) is 18.8 Å². The van der Waals surface area contributed by atoms with Gasteiger partial charge < -0.3 is 14.9 Å². The summed E-state index contributed by atoms with van der Waals surface area (Å²) in [7, 11) is 1.33. The molecular formula is C10H15BN3O2P. The standard InChI is InChI=1S/C10H15BN3O2P/c15-11(16)7-1-8(4-12-3-7)13-5-10-2-9(13)6-14(10)17/h1,3-4,9-10,15-16H,2,5-6,17H2. The van der Waals surface area contributed by atoms with Gasteiger partial charge in [0.2, 0.25) is 0 Å². The van der Waals surface area contributed by atoms with E-state index in [1.54, 1.807) is 6.20 Å². The average molecular weight is 251 g/mol. The van der Waals surface area contributed by atoms with Gasteiger partial charge in [-0.2, -0.15) is 0 Å². The lowest BCUT2D eigenvalue weighted by Crippen LogP contribution is -2.43. The largest absolute Gasteiger partial charge is 0.490 e. The molecule has 0 spiro atoms. The lowest BCUT2D eigenvalue weighted by molar-refractivity contribution is 0.410. The van der Waals surface area contributed by atoms with Gasteiger partial charge in [-0.15, -0.1) is 0 Å². The first-order chi connectivity index (χ1) is 8.15. The molecule has 7 heteroatoms. The highest BCUT2D eigenvalue weighted by Crippen LogP contribution is 2.35. The molecule has 2 aliphatic heterocycles. The number of hydrogen-bond donors (Lipinski definition) is 2. The minimum Gasteiger partial charge on any atom is -0.423 e. The quantitative estimate of drug-likeness (QED) is 0.511. The van der Waals surface area contributed by atoms with Crippen LogP contribution in [0, 0.1) is 0 Å². The van der Waals surface area contributed by atoms with Crippen LogP contribution in [0.15, 0.2) is 18.5 Å². The average Bonchev–Trinajstić information content (AvgIpc) is 2.87. The van der Waals surface area contributed by atoms with Gasteiger partial charge in [0.15, 0.2) is 0 Å². The number of rotatable bonds is 2. The molecule has 0 radical (unpaired) electrons. The molecule has 3 heterocycles. The molecule has 2 fully saturated rings. The van der Waals surface area contributed by atoms with E-state index in [1.165, 1.54) is 12.6 Å². The Hall–Kier alpha value is -0.675. The maximum absolute atomic E-state index is 9.15. The number of nitrogens with zero attached hydrogens (tertiary/aromatic N) is 3. The van der Waals surface area contributed by atoms with Crippen molar-refractivity contribution in [2.75, 3.05) is 18.0 Å². The summed E-state index contributed by atoms with van der Waals surface area (Å²) in [4.78, 5) is 6.38. The van der Waals surface area contributed by atoms with Gasteiger partial charge in [0.1, 0.15) is 0 Å². The van der Waals surface area contributed by atoms with Crippen molar-refractivity contribution in [2.24, 2.45) is 0 Å². The lowest BCUT2D eigenvalue weighted by atomic mass is 9.81. The zero-order chi connectivity index (χ0) is 12.0. The lowest BCUT2D eigenvalue weighted by Gasteiger charge is -2.33. The van der Waals surface area contributed by atoms with Crippen molar-refractivity contribution in [1.29, 1.82) is 0 Å². The molecule has 1 aromatic rings. The molecule has 3 rings (SSSR count). The van der Waals surface area contributed by atoms with Crippen LogP contribution >= 0.6 is 9.39 Å². The van der Waals surface area contributed by atoms with Gasteiger partial charge in [-0.1, -0.05) is 9.39 Å².